The monoisotopic (exact) mass is 454 g/mol. The van der Waals surface area contributed by atoms with Crippen LogP contribution in [0, 0.1) is 13.8 Å². The average Bonchev–Trinajstić information content (AvgIpc) is 3.11. The van der Waals surface area contributed by atoms with E-state index in [0.717, 1.165) is 35.5 Å². The minimum atomic E-state index is -0.722. The molecule has 1 heterocycles. The minimum absolute atomic E-state index is 0.104. The van der Waals surface area contributed by atoms with Crippen molar-refractivity contribution in [2.45, 2.75) is 33.7 Å². The number of ketones is 1. The van der Waals surface area contributed by atoms with Gasteiger partial charge in [-0.1, -0.05) is 59.7 Å². The standard InChI is InChI=1S/C29H30N2O3/c1-5-30(6-2)23-14-16-24(17-15-23)31-26(22-9-7-8-20(4)18-22)25(28(33)29(31)34)27(32)21-12-10-19(3)11-13-21/h7-18,26,32H,5-6H2,1-4H3/b27-25-. The predicted molar refractivity (Wildman–Crippen MR) is 137 cm³/mol. The summed E-state index contributed by atoms with van der Waals surface area (Å²) in [5, 5.41) is 11.2. The molecule has 1 N–H and O–H groups in total. The highest BCUT2D eigenvalue weighted by Crippen LogP contribution is 2.42. The first-order valence-corrected chi connectivity index (χ1v) is 11.6. The van der Waals surface area contributed by atoms with Crippen molar-refractivity contribution in [2.75, 3.05) is 22.9 Å². The molecule has 1 amide bonds. The number of Topliss-reactive ketones (excluding diaryl/α,β-unsaturated/α-hetero) is 1. The van der Waals surface area contributed by atoms with Crippen LogP contribution in [0.4, 0.5) is 11.4 Å². The lowest BCUT2D eigenvalue weighted by Gasteiger charge is -2.27. The highest BCUT2D eigenvalue weighted by Gasteiger charge is 2.47. The van der Waals surface area contributed by atoms with E-state index < -0.39 is 17.7 Å². The average molecular weight is 455 g/mol. The molecule has 34 heavy (non-hydrogen) atoms. The number of rotatable bonds is 6. The first kappa shape index (κ1) is 23.3. The van der Waals surface area contributed by atoms with Crippen LogP contribution >= 0.6 is 0 Å². The number of carbonyl (C=O) groups excluding carboxylic acids is 2. The van der Waals surface area contributed by atoms with E-state index in [1.54, 1.807) is 12.1 Å². The summed E-state index contributed by atoms with van der Waals surface area (Å²) in [7, 11) is 0. The molecule has 5 nitrogen and oxygen atoms in total. The third-order valence-corrected chi connectivity index (χ3v) is 6.38. The summed E-state index contributed by atoms with van der Waals surface area (Å²) in [5.74, 6) is -1.49. The fourth-order valence-corrected chi connectivity index (χ4v) is 4.53. The molecule has 0 aliphatic carbocycles. The summed E-state index contributed by atoms with van der Waals surface area (Å²) < 4.78 is 0. The molecule has 4 rings (SSSR count). The molecular formula is C29H30N2O3. The molecule has 5 heteroatoms. The molecule has 3 aromatic rings. The molecule has 1 saturated heterocycles. The van der Waals surface area contributed by atoms with Gasteiger partial charge in [0.25, 0.3) is 11.7 Å². The zero-order valence-corrected chi connectivity index (χ0v) is 20.1. The van der Waals surface area contributed by atoms with Crippen LogP contribution < -0.4 is 9.80 Å². The molecule has 1 aliphatic rings. The van der Waals surface area contributed by atoms with Gasteiger partial charge in [0.1, 0.15) is 5.76 Å². The van der Waals surface area contributed by atoms with Gasteiger partial charge in [-0.25, -0.2) is 0 Å². The van der Waals surface area contributed by atoms with Gasteiger partial charge in [-0.3, -0.25) is 14.5 Å². The molecular weight excluding hydrogens is 424 g/mol. The van der Waals surface area contributed by atoms with Crippen molar-refractivity contribution < 1.29 is 14.7 Å². The van der Waals surface area contributed by atoms with Gasteiger partial charge in [0, 0.05) is 30.0 Å². The van der Waals surface area contributed by atoms with Crippen molar-refractivity contribution in [3.8, 4) is 0 Å². The summed E-state index contributed by atoms with van der Waals surface area (Å²) >= 11 is 0. The Morgan fingerprint density at radius 3 is 2.12 bits per heavy atom. The lowest BCUT2D eigenvalue weighted by atomic mass is 9.94. The molecule has 0 bridgehead atoms. The molecule has 174 valence electrons. The maximum atomic E-state index is 13.3. The Kier molecular flexibility index (Phi) is 6.55. The number of amides is 1. The topological polar surface area (TPSA) is 60.9 Å². The summed E-state index contributed by atoms with van der Waals surface area (Å²) in [4.78, 5) is 30.3. The number of aliphatic hydroxyl groups is 1. The Labute approximate surface area is 201 Å². The van der Waals surface area contributed by atoms with Gasteiger partial charge in [0.05, 0.1) is 11.6 Å². The van der Waals surface area contributed by atoms with Gasteiger partial charge in [-0.15, -0.1) is 0 Å². The Morgan fingerprint density at radius 1 is 0.882 bits per heavy atom. The van der Waals surface area contributed by atoms with E-state index >= 15 is 0 Å². The van der Waals surface area contributed by atoms with Crippen molar-refractivity contribution >= 4 is 28.8 Å². The number of aryl methyl sites for hydroxylation is 2. The first-order valence-electron chi connectivity index (χ1n) is 11.6. The Balaban J connectivity index is 1.87. The summed E-state index contributed by atoms with van der Waals surface area (Å²) in [5.41, 5.74) is 5.12. The van der Waals surface area contributed by atoms with Crippen LogP contribution in [-0.4, -0.2) is 29.9 Å². The van der Waals surface area contributed by atoms with Gasteiger partial charge in [0.2, 0.25) is 0 Å². The van der Waals surface area contributed by atoms with Gasteiger partial charge >= 0.3 is 0 Å². The van der Waals surface area contributed by atoms with Crippen LogP contribution in [0.1, 0.15) is 42.1 Å². The maximum Gasteiger partial charge on any atom is 0.300 e. The van der Waals surface area contributed by atoms with Crippen molar-refractivity contribution in [3.63, 3.8) is 0 Å². The number of benzene rings is 3. The summed E-state index contributed by atoms with van der Waals surface area (Å²) in [6.45, 7) is 9.86. The number of nitrogens with zero attached hydrogens (tertiary/aromatic N) is 2. The van der Waals surface area contributed by atoms with E-state index in [1.165, 1.54) is 4.90 Å². The lowest BCUT2D eigenvalue weighted by molar-refractivity contribution is -0.132. The molecule has 3 aromatic carbocycles. The van der Waals surface area contributed by atoms with Gasteiger partial charge in [-0.05, 0) is 57.5 Å². The van der Waals surface area contributed by atoms with Crippen LogP contribution in [0.2, 0.25) is 0 Å². The van der Waals surface area contributed by atoms with Crippen LogP contribution in [0.5, 0.6) is 0 Å². The Morgan fingerprint density at radius 2 is 1.53 bits per heavy atom. The fraction of sp³-hybridized carbons (Fsp3) is 0.241. The zero-order valence-electron chi connectivity index (χ0n) is 20.1. The number of anilines is 2. The van der Waals surface area contributed by atoms with Crippen molar-refractivity contribution in [1.82, 2.24) is 0 Å². The van der Waals surface area contributed by atoms with Gasteiger partial charge in [-0.2, -0.15) is 0 Å². The Bertz CT molecular complexity index is 1240. The molecule has 0 aromatic heterocycles. The van der Waals surface area contributed by atoms with Crippen LogP contribution in [0.3, 0.4) is 0 Å². The molecule has 1 aliphatic heterocycles. The second-order valence-electron chi connectivity index (χ2n) is 8.64. The molecule has 1 atom stereocenters. The van der Waals surface area contributed by atoms with Crippen molar-refractivity contribution in [2.24, 2.45) is 0 Å². The van der Waals surface area contributed by atoms with Crippen molar-refractivity contribution in [3.05, 3.63) is 101 Å². The van der Waals surface area contributed by atoms with Crippen molar-refractivity contribution in [1.29, 1.82) is 0 Å². The molecule has 1 unspecified atom stereocenters. The smallest absolute Gasteiger partial charge is 0.300 e. The van der Waals surface area contributed by atoms with E-state index in [2.05, 4.69) is 18.7 Å². The van der Waals surface area contributed by atoms with Gasteiger partial charge in [0.15, 0.2) is 0 Å². The first-order chi connectivity index (χ1) is 16.3. The maximum absolute atomic E-state index is 13.3. The highest BCUT2D eigenvalue weighted by molar-refractivity contribution is 6.51. The fourth-order valence-electron chi connectivity index (χ4n) is 4.53. The second-order valence-corrected chi connectivity index (χ2v) is 8.64. The Hall–Kier alpha value is -3.86. The SMILES string of the molecule is CCN(CC)c1ccc(N2C(=O)C(=O)/C(=C(\O)c3ccc(C)cc3)C2c2cccc(C)c2)cc1. The number of hydrogen-bond acceptors (Lipinski definition) is 4. The summed E-state index contributed by atoms with van der Waals surface area (Å²) in [6.07, 6.45) is 0. The number of hydrogen-bond donors (Lipinski definition) is 1. The van der Waals surface area contributed by atoms with E-state index in [1.807, 2.05) is 74.5 Å². The lowest BCUT2D eigenvalue weighted by Crippen LogP contribution is -2.29. The van der Waals surface area contributed by atoms with Gasteiger partial charge < -0.3 is 10.0 Å². The van der Waals surface area contributed by atoms with E-state index in [9.17, 15) is 14.7 Å². The molecule has 0 radical (unpaired) electrons. The van der Waals surface area contributed by atoms with Crippen LogP contribution in [0.15, 0.2) is 78.4 Å². The second kappa shape index (κ2) is 9.56. The van der Waals surface area contributed by atoms with Crippen LogP contribution in [0.25, 0.3) is 5.76 Å². The third kappa shape index (κ3) is 4.21. The minimum Gasteiger partial charge on any atom is -0.507 e. The molecule has 0 spiro atoms. The summed E-state index contributed by atoms with van der Waals surface area (Å²) in [6, 6.07) is 21.9. The molecule has 0 saturated carbocycles. The largest absolute Gasteiger partial charge is 0.507 e. The predicted octanol–water partition coefficient (Wildman–Crippen LogP) is 5.78. The van der Waals surface area contributed by atoms with E-state index in [0.29, 0.717) is 11.3 Å². The quantitative estimate of drug-likeness (QED) is 0.292. The van der Waals surface area contributed by atoms with E-state index in [-0.39, 0.29) is 11.3 Å². The molecule has 1 fully saturated rings. The zero-order chi connectivity index (χ0) is 24.4. The number of aliphatic hydroxyl groups excluding tert-OH is 1. The van der Waals surface area contributed by atoms with Crippen LogP contribution in [-0.2, 0) is 9.59 Å². The number of carbonyl (C=O) groups is 2. The normalized spacial score (nSPS) is 17.3. The third-order valence-electron chi connectivity index (χ3n) is 6.38. The van der Waals surface area contributed by atoms with E-state index in [4.69, 9.17) is 0 Å². The highest BCUT2D eigenvalue weighted by atomic mass is 16.3.